The van der Waals surface area contributed by atoms with Crippen LogP contribution >= 0.6 is 0 Å². The zero-order valence-corrected chi connectivity index (χ0v) is 13.2. The highest BCUT2D eigenvalue weighted by Gasteiger charge is 2.17. The maximum Gasteiger partial charge on any atom is 0.336 e. The van der Waals surface area contributed by atoms with Gasteiger partial charge in [-0.1, -0.05) is 0 Å². The Labute approximate surface area is 135 Å². The van der Waals surface area contributed by atoms with E-state index in [1.807, 2.05) is 0 Å². The van der Waals surface area contributed by atoms with Crippen LogP contribution in [0, 0.1) is 5.41 Å². The molecule has 7 heteroatoms. The van der Waals surface area contributed by atoms with E-state index >= 15 is 0 Å². The lowest BCUT2D eigenvalue weighted by Gasteiger charge is -2.24. The molecule has 0 saturated carbocycles. The number of nitrogens with one attached hydrogen (secondary N) is 3. The largest absolute Gasteiger partial charge is 0.490 e. The summed E-state index contributed by atoms with van der Waals surface area (Å²) < 4.78 is 10.2. The molecule has 0 aromatic heterocycles. The van der Waals surface area contributed by atoms with Gasteiger partial charge in [0.2, 0.25) is 0 Å². The fraction of sp³-hybridized carbons (Fsp3) is 0.500. The van der Waals surface area contributed by atoms with E-state index in [1.165, 1.54) is 7.11 Å². The van der Waals surface area contributed by atoms with Crippen molar-refractivity contribution in [3.8, 4) is 5.75 Å². The SMILES string of the molecule is COC(COc1ccc(C(=N)NC2CCNCC2)cc1)C(=O)O. The lowest BCUT2D eigenvalue weighted by Crippen LogP contribution is -2.42. The summed E-state index contributed by atoms with van der Waals surface area (Å²) in [5, 5.41) is 23.5. The van der Waals surface area contributed by atoms with Gasteiger partial charge in [-0.15, -0.1) is 0 Å². The van der Waals surface area contributed by atoms with Crippen molar-refractivity contribution in [3.63, 3.8) is 0 Å². The van der Waals surface area contributed by atoms with Crippen molar-refractivity contribution >= 4 is 11.8 Å². The average Bonchev–Trinajstić information content (AvgIpc) is 2.56. The molecule has 0 aliphatic carbocycles. The first-order valence-electron chi connectivity index (χ1n) is 7.65. The second-order valence-corrected chi connectivity index (χ2v) is 5.44. The predicted molar refractivity (Wildman–Crippen MR) is 86.2 cm³/mol. The third-order valence-electron chi connectivity index (χ3n) is 3.79. The van der Waals surface area contributed by atoms with Gasteiger partial charge in [-0.3, -0.25) is 5.41 Å². The molecule has 0 radical (unpaired) electrons. The van der Waals surface area contributed by atoms with Crippen LogP contribution in [-0.2, 0) is 9.53 Å². The summed E-state index contributed by atoms with van der Waals surface area (Å²) in [5.41, 5.74) is 0.775. The van der Waals surface area contributed by atoms with Crippen LogP contribution < -0.4 is 15.4 Å². The van der Waals surface area contributed by atoms with E-state index in [-0.39, 0.29) is 6.61 Å². The molecular weight excluding hydrogens is 298 g/mol. The molecule has 1 unspecified atom stereocenters. The molecule has 4 N–H and O–H groups in total. The van der Waals surface area contributed by atoms with Crippen LogP contribution in [0.4, 0.5) is 0 Å². The summed E-state index contributed by atoms with van der Waals surface area (Å²) in [6.07, 6.45) is 1.03. The fourth-order valence-electron chi connectivity index (χ4n) is 2.38. The molecule has 1 fully saturated rings. The minimum atomic E-state index is -1.06. The molecule has 1 saturated heterocycles. The Bertz CT molecular complexity index is 527. The number of carbonyl (C=O) groups is 1. The second kappa shape index (κ2) is 8.50. The Balaban J connectivity index is 1.85. The number of hydrogen-bond donors (Lipinski definition) is 4. The molecular formula is C16H23N3O4. The first-order valence-corrected chi connectivity index (χ1v) is 7.65. The number of carboxylic acid groups (broad SMARTS) is 1. The molecule has 0 amide bonds. The monoisotopic (exact) mass is 321 g/mol. The highest BCUT2D eigenvalue weighted by Crippen LogP contribution is 2.13. The van der Waals surface area contributed by atoms with Crippen molar-refractivity contribution in [2.24, 2.45) is 0 Å². The number of carboxylic acids is 1. The first kappa shape index (κ1) is 17.2. The molecule has 7 nitrogen and oxygen atoms in total. The normalized spacial score (nSPS) is 16.6. The summed E-state index contributed by atoms with van der Waals surface area (Å²) in [4.78, 5) is 10.8. The van der Waals surface area contributed by atoms with Crippen molar-refractivity contribution in [1.29, 1.82) is 5.41 Å². The molecule has 1 aromatic rings. The van der Waals surface area contributed by atoms with Crippen LogP contribution in [0.3, 0.4) is 0 Å². The number of aliphatic carboxylic acids is 1. The number of ether oxygens (including phenoxy) is 2. The summed E-state index contributed by atoms with van der Waals surface area (Å²) in [5.74, 6) is -0.118. The highest BCUT2D eigenvalue weighted by molar-refractivity contribution is 5.96. The number of amidine groups is 1. The zero-order chi connectivity index (χ0) is 16.7. The minimum Gasteiger partial charge on any atom is -0.490 e. The number of benzene rings is 1. The van der Waals surface area contributed by atoms with Crippen LogP contribution in [-0.4, -0.2) is 55.9 Å². The molecule has 1 atom stereocenters. The van der Waals surface area contributed by atoms with Crippen LogP contribution in [0.25, 0.3) is 0 Å². The molecule has 1 aromatic carbocycles. The van der Waals surface area contributed by atoms with Crippen molar-refractivity contribution in [2.75, 3.05) is 26.8 Å². The minimum absolute atomic E-state index is 0.0596. The lowest BCUT2D eigenvalue weighted by molar-refractivity contribution is -0.150. The van der Waals surface area contributed by atoms with Gasteiger partial charge in [0.1, 0.15) is 18.2 Å². The number of hydrogen-bond acceptors (Lipinski definition) is 5. The summed E-state index contributed by atoms with van der Waals surface area (Å²) >= 11 is 0. The van der Waals surface area contributed by atoms with Gasteiger partial charge in [0, 0.05) is 18.7 Å². The van der Waals surface area contributed by atoms with E-state index in [0.717, 1.165) is 31.5 Å². The van der Waals surface area contributed by atoms with Gasteiger partial charge >= 0.3 is 5.97 Å². The van der Waals surface area contributed by atoms with Crippen LogP contribution in [0.15, 0.2) is 24.3 Å². The first-order chi connectivity index (χ1) is 11.1. The Morgan fingerprint density at radius 1 is 1.39 bits per heavy atom. The molecule has 1 aliphatic heterocycles. The van der Waals surface area contributed by atoms with Crippen molar-refractivity contribution < 1.29 is 19.4 Å². The molecule has 126 valence electrons. The highest BCUT2D eigenvalue weighted by atomic mass is 16.5. The van der Waals surface area contributed by atoms with E-state index in [0.29, 0.717) is 17.6 Å². The molecule has 1 aliphatic rings. The lowest BCUT2D eigenvalue weighted by atomic mass is 10.1. The Morgan fingerprint density at radius 3 is 2.61 bits per heavy atom. The van der Waals surface area contributed by atoms with E-state index in [2.05, 4.69) is 10.6 Å². The Morgan fingerprint density at radius 2 is 2.04 bits per heavy atom. The van der Waals surface area contributed by atoms with Crippen LogP contribution in [0.1, 0.15) is 18.4 Å². The van der Waals surface area contributed by atoms with Gasteiger partial charge in [-0.05, 0) is 50.2 Å². The fourth-order valence-corrected chi connectivity index (χ4v) is 2.38. The molecule has 0 bridgehead atoms. The molecule has 2 rings (SSSR count). The van der Waals surface area contributed by atoms with Gasteiger partial charge in [0.05, 0.1) is 0 Å². The number of rotatable bonds is 7. The smallest absolute Gasteiger partial charge is 0.336 e. The van der Waals surface area contributed by atoms with E-state index < -0.39 is 12.1 Å². The number of methoxy groups -OCH3 is 1. The van der Waals surface area contributed by atoms with Crippen molar-refractivity contribution in [3.05, 3.63) is 29.8 Å². The molecule has 0 spiro atoms. The van der Waals surface area contributed by atoms with Crippen LogP contribution in [0.2, 0.25) is 0 Å². The maximum atomic E-state index is 10.8. The summed E-state index contributed by atoms with van der Waals surface area (Å²) in [6.45, 7) is 1.89. The van der Waals surface area contributed by atoms with Gasteiger partial charge < -0.3 is 25.2 Å². The van der Waals surface area contributed by atoms with E-state index in [1.54, 1.807) is 24.3 Å². The second-order valence-electron chi connectivity index (χ2n) is 5.44. The zero-order valence-electron chi connectivity index (χ0n) is 13.2. The van der Waals surface area contributed by atoms with Gasteiger partial charge in [0.15, 0.2) is 6.10 Å². The quantitative estimate of drug-likeness (QED) is 0.438. The topological polar surface area (TPSA) is 104 Å². The maximum absolute atomic E-state index is 10.8. The van der Waals surface area contributed by atoms with Crippen molar-refractivity contribution in [1.82, 2.24) is 10.6 Å². The van der Waals surface area contributed by atoms with E-state index in [4.69, 9.17) is 20.0 Å². The van der Waals surface area contributed by atoms with Crippen LogP contribution in [0.5, 0.6) is 5.75 Å². The van der Waals surface area contributed by atoms with Gasteiger partial charge in [0.25, 0.3) is 0 Å². The average molecular weight is 321 g/mol. The summed E-state index contributed by atoms with van der Waals surface area (Å²) in [7, 11) is 1.33. The Kier molecular flexibility index (Phi) is 6.37. The molecule has 23 heavy (non-hydrogen) atoms. The predicted octanol–water partition coefficient (Wildman–Crippen LogP) is 0.832. The third kappa shape index (κ3) is 5.22. The number of piperidine rings is 1. The van der Waals surface area contributed by atoms with E-state index in [9.17, 15) is 4.79 Å². The molecule has 1 heterocycles. The standard InChI is InChI=1S/C16H23N3O4/c1-22-14(16(20)21)10-23-13-4-2-11(3-5-13)15(17)19-12-6-8-18-9-7-12/h2-5,12,14,18H,6-10H2,1H3,(H2,17,19)(H,20,21). The van der Waals surface area contributed by atoms with Crippen molar-refractivity contribution in [2.45, 2.75) is 25.0 Å². The van der Waals surface area contributed by atoms with Gasteiger partial charge in [-0.25, -0.2) is 4.79 Å². The van der Waals surface area contributed by atoms with Gasteiger partial charge in [-0.2, -0.15) is 0 Å². The summed E-state index contributed by atoms with van der Waals surface area (Å²) in [6, 6.07) is 7.35. The Hall–Kier alpha value is -2.12. The third-order valence-corrected chi connectivity index (χ3v) is 3.79.